The van der Waals surface area contributed by atoms with Crippen LogP contribution in [0.25, 0.3) is 5.76 Å². The SMILES string of the molecule is CC(=O)C1=C(O)[C@]2(O)C(=O)C3=C(O)c4c(O)c(CCC(=O)Cc5ccc6c(c5)OCO6)cc(C(C)C)c4C[C@]3(C)C[C@]2(C)C(C(C)C)C1=O. The molecule has 0 aromatic heterocycles. The summed E-state index contributed by atoms with van der Waals surface area (Å²) in [7, 11) is 0. The van der Waals surface area contributed by atoms with E-state index in [0.29, 0.717) is 22.6 Å². The highest BCUT2D eigenvalue weighted by atomic mass is 16.7. The number of carbonyl (C=O) groups excluding carboxylic acids is 4. The molecule has 6 rings (SSSR count). The predicted molar refractivity (Wildman–Crippen MR) is 180 cm³/mol. The number of aliphatic hydroxyl groups is 3. The number of aliphatic hydroxyl groups excluding tert-OH is 2. The summed E-state index contributed by atoms with van der Waals surface area (Å²) in [6.07, 6.45) is 0.646. The van der Waals surface area contributed by atoms with Crippen molar-refractivity contribution >= 4 is 28.9 Å². The number of rotatable bonds is 8. The number of ether oxygens (including phenoxy) is 2. The molecule has 260 valence electrons. The van der Waals surface area contributed by atoms with E-state index in [4.69, 9.17) is 9.47 Å². The number of phenolic OH excluding ortho intramolecular Hbond substituents is 1. The maximum absolute atomic E-state index is 14.6. The topological polar surface area (TPSA) is 168 Å². The minimum absolute atomic E-state index is 0.0271. The van der Waals surface area contributed by atoms with E-state index in [1.807, 2.05) is 19.9 Å². The summed E-state index contributed by atoms with van der Waals surface area (Å²) in [5.74, 6) is -4.48. The van der Waals surface area contributed by atoms with Crippen LogP contribution in [0.1, 0.15) is 95.0 Å². The Kier molecular flexibility index (Phi) is 8.13. The van der Waals surface area contributed by atoms with Crippen LogP contribution >= 0.6 is 0 Å². The molecule has 2 aromatic rings. The first-order valence-corrected chi connectivity index (χ1v) is 16.8. The van der Waals surface area contributed by atoms with Gasteiger partial charge in [-0.25, -0.2) is 0 Å². The van der Waals surface area contributed by atoms with Crippen LogP contribution in [0, 0.1) is 22.7 Å². The van der Waals surface area contributed by atoms with Gasteiger partial charge in [-0.05, 0) is 72.4 Å². The van der Waals surface area contributed by atoms with Crippen LogP contribution in [0.15, 0.2) is 41.2 Å². The largest absolute Gasteiger partial charge is 0.508 e. The van der Waals surface area contributed by atoms with E-state index in [0.717, 1.165) is 18.1 Å². The Morgan fingerprint density at radius 2 is 1.67 bits per heavy atom. The first kappa shape index (κ1) is 34.4. The molecule has 0 radical (unpaired) electrons. The van der Waals surface area contributed by atoms with Crippen molar-refractivity contribution in [1.82, 2.24) is 0 Å². The molecule has 1 aliphatic heterocycles. The lowest BCUT2D eigenvalue weighted by molar-refractivity contribution is -0.178. The van der Waals surface area contributed by atoms with E-state index >= 15 is 0 Å². The van der Waals surface area contributed by atoms with Crippen molar-refractivity contribution in [3.63, 3.8) is 0 Å². The van der Waals surface area contributed by atoms with Gasteiger partial charge in [0.15, 0.2) is 28.7 Å². The highest BCUT2D eigenvalue weighted by Crippen LogP contribution is 2.65. The third-order valence-electron chi connectivity index (χ3n) is 11.3. The third kappa shape index (κ3) is 4.93. The molecule has 10 heteroatoms. The molecule has 0 amide bonds. The molecule has 3 aliphatic carbocycles. The minimum Gasteiger partial charge on any atom is -0.508 e. The molecule has 4 N–H and O–H groups in total. The van der Waals surface area contributed by atoms with Gasteiger partial charge in [-0.15, -0.1) is 0 Å². The molecular weight excluding hydrogens is 628 g/mol. The number of fused-ring (bicyclic) bond motifs is 4. The summed E-state index contributed by atoms with van der Waals surface area (Å²) >= 11 is 0. The van der Waals surface area contributed by atoms with Crippen LogP contribution in [0.2, 0.25) is 0 Å². The van der Waals surface area contributed by atoms with E-state index in [2.05, 4.69) is 0 Å². The second-order valence-corrected chi connectivity index (χ2v) is 15.3. The standard InChI is InChI=1S/C39H44O10/c1-18(2)24-14-22(9-10-23(41)12-21-8-11-26-27(13-21)49-17-48-26)32(42)29-25(24)15-37(6)16-38(7)30(19(3)4)33(43)28(20(5)40)35(45)39(38,47)36(46)31(37)34(29)44/h8,11,13-14,18-19,30,42,44-45,47H,9-10,12,15-17H2,1-7H3/t30?,37-,38-,39+/m1/s1. The molecule has 0 spiro atoms. The second-order valence-electron chi connectivity index (χ2n) is 15.3. The fraction of sp³-hybridized carbons (Fsp3) is 0.487. The summed E-state index contributed by atoms with van der Waals surface area (Å²) in [6.45, 7) is 12.1. The normalized spacial score (nSPS) is 27.4. The number of Topliss-reactive ketones (excluding diaryl/α,β-unsaturated/α-hetero) is 4. The average molecular weight is 673 g/mol. The van der Waals surface area contributed by atoms with Crippen molar-refractivity contribution < 1.29 is 49.1 Å². The van der Waals surface area contributed by atoms with Crippen LogP contribution in [0.3, 0.4) is 0 Å². The number of hydrogen-bond donors (Lipinski definition) is 4. The number of phenols is 1. The van der Waals surface area contributed by atoms with Gasteiger partial charge >= 0.3 is 0 Å². The van der Waals surface area contributed by atoms with Crippen LogP contribution in [0.4, 0.5) is 0 Å². The molecular formula is C39H44O10. The average Bonchev–Trinajstić information content (AvgIpc) is 3.46. The van der Waals surface area contributed by atoms with Gasteiger partial charge in [0, 0.05) is 35.2 Å². The molecule has 0 bridgehead atoms. The number of carbonyl (C=O) groups is 4. The van der Waals surface area contributed by atoms with Gasteiger partial charge in [-0.2, -0.15) is 0 Å². The molecule has 4 atom stereocenters. The smallest absolute Gasteiger partial charge is 0.231 e. The van der Waals surface area contributed by atoms with Gasteiger partial charge in [0.1, 0.15) is 28.6 Å². The number of hydrogen-bond acceptors (Lipinski definition) is 10. The van der Waals surface area contributed by atoms with Gasteiger partial charge in [-0.3, -0.25) is 19.2 Å². The van der Waals surface area contributed by atoms with E-state index < -0.39 is 62.7 Å². The second kappa shape index (κ2) is 11.6. The zero-order chi connectivity index (χ0) is 36.0. The zero-order valence-electron chi connectivity index (χ0n) is 29.0. The molecule has 0 saturated heterocycles. The maximum Gasteiger partial charge on any atom is 0.231 e. The minimum atomic E-state index is -2.67. The molecule has 4 aliphatic rings. The highest BCUT2D eigenvalue weighted by molar-refractivity contribution is 6.24. The van der Waals surface area contributed by atoms with Crippen molar-refractivity contribution in [2.75, 3.05) is 6.79 Å². The monoisotopic (exact) mass is 672 g/mol. The van der Waals surface area contributed by atoms with Gasteiger partial charge < -0.3 is 29.9 Å². The number of allylic oxidation sites excluding steroid dienone is 1. The lowest BCUT2D eigenvalue weighted by Gasteiger charge is -2.60. The Balaban J connectivity index is 1.43. The number of benzene rings is 2. The Labute approximate surface area is 285 Å². The molecule has 49 heavy (non-hydrogen) atoms. The van der Waals surface area contributed by atoms with E-state index in [1.165, 1.54) is 0 Å². The van der Waals surface area contributed by atoms with Crippen LogP contribution in [-0.2, 0) is 38.4 Å². The van der Waals surface area contributed by atoms with Crippen LogP contribution < -0.4 is 9.47 Å². The highest BCUT2D eigenvalue weighted by Gasteiger charge is 2.72. The first-order valence-electron chi connectivity index (χ1n) is 16.8. The van der Waals surface area contributed by atoms with Crippen molar-refractivity contribution in [2.24, 2.45) is 22.7 Å². The predicted octanol–water partition coefficient (Wildman–Crippen LogP) is 5.79. The number of aromatic hydroxyl groups is 1. The summed E-state index contributed by atoms with van der Waals surface area (Å²) in [4.78, 5) is 54.1. The van der Waals surface area contributed by atoms with Gasteiger partial charge in [0.25, 0.3) is 0 Å². The van der Waals surface area contributed by atoms with Crippen molar-refractivity contribution in [2.45, 2.75) is 92.1 Å². The molecule has 1 unspecified atom stereocenters. The Morgan fingerprint density at radius 1 is 1.00 bits per heavy atom. The molecule has 1 fully saturated rings. The zero-order valence-corrected chi connectivity index (χ0v) is 29.0. The van der Waals surface area contributed by atoms with Crippen molar-refractivity contribution in [3.8, 4) is 17.2 Å². The number of ketones is 4. The fourth-order valence-electron chi connectivity index (χ4n) is 9.22. The summed E-state index contributed by atoms with van der Waals surface area (Å²) in [5, 5.41) is 47.4. The Morgan fingerprint density at radius 3 is 2.31 bits per heavy atom. The first-order chi connectivity index (χ1) is 22.9. The Hall–Kier alpha value is -4.44. The molecule has 2 aromatic carbocycles. The van der Waals surface area contributed by atoms with Gasteiger partial charge in [0.05, 0.1) is 5.56 Å². The fourth-order valence-corrected chi connectivity index (χ4v) is 9.22. The van der Waals surface area contributed by atoms with Gasteiger partial charge in [0.2, 0.25) is 12.6 Å². The molecule has 1 heterocycles. The van der Waals surface area contributed by atoms with Crippen LogP contribution in [0.5, 0.6) is 17.2 Å². The quantitative estimate of drug-likeness (QED) is 0.252. The van der Waals surface area contributed by atoms with Crippen molar-refractivity contribution in [3.05, 3.63) is 69.0 Å². The van der Waals surface area contributed by atoms with Crippen LogP contribution in [-0.4, -0.2) is 56.0 Å². The number of aryl methyl sites for hydroxylation is 1. The lowest BCUT2D eigenvalue weighted by Crippen LogP contribution is -2.69. The molecule has 10 nitrogen and oxygen atoms in total. The molecule has 1 saturated carbocycles. The van der Waals surface area contributed by atoms with E-state index in [-0.39, 0.29) is 67.5 Å². The van der Waals surface area contributed by atoms with Gasteiger partial charge in [-0.1, -0.05) is 53.7 Å². The summed E-state index contributed by atoms with van der Waals surface area (Å²) in [6, 6.07) is 7.19. The van der Waals surface area contributed by atoms with E-state index in [9.17, 15) is 39.6 Å². The van der Waals surface area contributed by atoms with Crippen molar-refractivity contribution in [1.29, 1.82) is 0 Å². The lowest BCUT2D eigenvalue weighted by atomic mass is 9.43. The summed E-state index contributed by atoms with van der Waals surface area (Å²) < 4.78 is 10.8. The summed E-state index contributed by atoms with van der Waals surface area (Å²) in [5.41, 5.74) is -3.36. The van der Waals surface area contributed by atoms with E-state index in [1.54, 1.807) is 45.9 Å². The maximum atomic E-state index is 14.6. The third-order valence-corrected chi connectivity index (χ3v) is 11.3. The Bertz CT molecular complexity index is 1900.